The van der Waals surface area contributed by atoms with Crippen molar-refractivity contribution in [1.82, 2.24) is 9.78 Å². The summed E-state index contributed by atoms with van der Waals surface area (Å²) in [6, 6.07) is 5.75. The van der Waals surface area contributed by atoms with E-state index in [1.54, 1.807) is 36.7 Å². The summed E-state index contributed by atoms with van der Waals surface area (Å²) in [5.41, 5.74) is 0.814. The molecule has 1 N–H and O–H groups in total. The van der Waals surface area contributed by atoms with E-state index < -0.39 is 6.10 Å². The van der Waals surface area contributed by atoms with Crippen LogP contribution in [0, 0.1) is 0 Å². The largest absolute Gasteiger partial charge is 0.496 e. The summed E-state index contributed by atoms with van der Waals surface area (Å²) in [4.78, 5) is 2.02. The zero-order valence-electron chi connectivity index (χ0n) is 10.6. The first kappa shape index (κ1) is 13.0. The molecule has 0 aliphatic carbocycles. The Morgan fingerprint density at radius 3 is 2.78 bits per heavy atom. The molecule has 18 heavy (non-hydrogen) atoms. The first-order chi connectivity index (χ1) is 8.61. The molecule has 1 aromatic carbocycles. The predicted molar refractivity (Wildman–Crippen MR) is 71.0 cm³/mol. The van der Waals surface area contributed by atoms with Crippen LogP contribution < -0.4 is 4.74 Å². The fraction of sp³-hybridized carbons (Fsp3) is 0.308. The van der Waals surface area contributed by atoms with Gasteiger partial charge in [0.05, 0.1) is 24.3 Å². The van der Waals surface area contributed by atoms with E-state index in [1.165, 1.54) is 0 Å². The molecule has 0 radical (unpaired) electrons. The Bertz CT molecular complexity index is 538. The Labute approximate surface area is 111 Å². The number of aliphatic hydroxyl groups excluding tert-OH is 1. The number of nitrogens with zero attached hydrogens (tertiary/aromatic N) is 2. The van der Waals surface area contributed by atoms with Gasteiger partial charge in [0.1, 0.15) is 5.75 Å². The molecule has 5 heteroatoms. The second-order valence-electron chi connectivity index (χ2n) is 4.00. The third-order valence-corrected chi connectivity index (χ3v) is 3.60. The molecule has 0 unspecified atom stereocenters. The molecule has 96 valence electrons. The van der Waals surface area contributed by atoms with Gasteiger partial charge in [0.15, 0.2) is 0 Å². The fourth-order valence-electron chi connectivity index (χ4n) is 1.78. The predicted octanol–water partition coefficient (Wildman–Crippen LogP) is 2.63. The number of aromatic nitrogens is 2. The maximum atomic E-state index is 9.89. The van der Waals surface area contributed by atoms with Gasteiger partial charge in [0.25, 0.3) is 0 Å². The summed E-state index contributed by atoms with van der Waals surface area (Å²) < 4.78 is 7.05. The maximum Gasteiger partial charge on any atom is 0.125 e. The highest BCUT2D eigenvalue weighted by Crippen LogP contribution is 2.37. The normalized spacial score (nSPS) is 12.4. The van der Waals surface area contributed by atoms with Crippen molar-refractivity contribution in [2.75, 3.05) is 7.11 Å². The number of hydrogen-bond acceptors (Lipinski definition) is 4. The second-order valence-corrected chi connectivity index (χ2v) is 5.12. The molecule has 0 fully saturated rings. The van der Waals surface area contributed by atoms with Crippen molar-refractivity contribution in [3.63, 3.8) is 0 Å². The minimum absolute atomic E-state index is 0.569. The van der Waals surface area contributed by atoms with Crippen LogP contribution >= 0.6 is 11.8 Å². The Morgan fingerprint density at radius 1 is 1.44 bits per heavy atom. The lowest BCUT2D eigenvalue weighted by Gasteiger charge is -2.15. The van der Waals surface area contributed by atoms with E-state index in [1.807, 2.05) is 31.4 Å². The molecule has 0 amide bonds. The second kappa shape index (κ2) is 5.46. The third-order valence-electron chi connectivity index (χ3n) is 2.57. The van der Waals surface area contributed by atoms with Gasteiger partial charge >= 0.3 is 0 Å². The number of aliphatic hydroxyl groups is 1. The molecule has 4 nitrogen and oxygen atoms in total. The molecule has 1 aromatic heterocycles. The molecule has 0 aliphatic rings. The average molecular weight is 264 g/mol. The quantitative estimate of drug-likeness (QED) is 0.922. The van der Waals surface area contributed by atoms with Gasteiger partial charge in [-0.05, 0) is 19.1 Å². The van der Waals surface area contributed by atoms with Gasteiger partial charge in [-0.25, -0.2) is 0 Å². The van der Waals surface area contributed by atoms with E-state index in [2.05, 4.69) is 5.10 Å². The lowest BCUT2D eigenvalue weighted by molar-refractivity contribution is 0.191. The van der Waals surface area contributed by atoms with E-state index in [0.717, 1.165) is 15.4 Å². The molecular weight excluding hydrogens is 248 g/mol. The third kappa shape index (κ3) is 2.68. The van der Waals surface area contributed by atoms with Crippen molar-refractivity contribution in [2.24, 2.45) is 7.05 Å². The van der Waals surface area contributed by atoms with Crippen LogP contribution in [0.2, 0.25) is 0 Å². The van der Waals surface area contributed by atoms with E-state index >= 15 is 0 Å². The highest BCUT2D eigenvalue weighted by atomic mass is 32.2. The number of benzene rings is 1. The number of methoxy groups -OCH3 is 1. The Kier molecular flexibility index (Phi) is 3.93. The molecular formula is C13H16N2O2S. The van der Waals surface area contributed by atoms with Crippen molar-refractivity contribution in [2.45, 2.75) is 22.8 Å². The van der Waals surface area contributed by atoms with Gasteiger partial charge in [0.2, 0.25) is 0 Å². The number of hydrogen-bond donors (Lipinski definition) is 1. The summed E-state index contributed by atoms with van der Waals surface area (Å²) in [6.45, 7) is 1.74. The standard InChI is InChI=1S/C13H16N2O2S/c1-9(16)13-11(17-3)5-4-6-12(13)18-10-7-14-15(2)8-10/h4-9,16H,1-3H3/t9-/m0/s1. The molecule has 0 spiro atoms. The minimum atomic E-state index is -0.569. The van der Waals surface area contributed by atoms with Crippen LogP contribution in [0.3, 0.4) is 0 Å². The van der Waals surface area contributed by atoms with Crippen molar-refractivity contribution in [3.05, 3.63) is 36.2 Å². The summed E-state index contributed by atoms with van der Waals surface area (Å²) in [5, 5.41) is 14.0. The van der Waals surface area contributed by atoms with Gasteiger partial charge in [-0.3, -0.25) is 4.68 Å². The SMILES string of the molecule is COc1cccc(Sc2cnn(C)c2)c1[C@H](C)O. The van der Waals surface area contributed by atoms with Gasteiger partial charge in [-0.1, -0.05) is 17.8 Å². The number of aryl methyl sites for hydroxylation is 1. The Hall–Kier alpha value is -1.46. The summed E-state index contributed by atoms with van der Waals surface area (Å²) in [5.74, 6) is 0.707. The summed E-state index contributed by atoms with van der Waals surface area (Å²) >= 11 is 1.57. The topological polar surface area (TPSA) is 47.3 Å². The van der Waals surface area contributed by atoms with Crippen molar-refractivity contribution in [1.29, 1.82) is 0 Å². The van der Waals surface area contributed by atoms with Gasteiger partial charge in [-0.2, -0.15) is 5.10 Å². The van der Waals surface area contributed by atoms with Crippen LogP contribution in [0.1, 0.15) is 18.6 Å². The monoisotopic (exact) mass is 264 g/mol. The van der Waals surface area contributed by atoms with Crippen LogP contribution in [-0.4, -0.2) is 22.0 Å². The first-order valence-electron chi connectivity index (χ1n) is 5.63. The highest BCUT2D eigenvalue weighted by molar-refractivity contribution is 7.99. The molecule has 1 atom stereocenters. The van der Waals surface area contributed by atoms with E-state index in [-0.39, 0.29) is 0 Å². The average Bonchev–Trinajstić information content (AvgIpc) is 2.74. The van der Waals surface area contributed by atoms with Crippen LogP contribution in [0.4, 0.5) is 0 Å². The number of ether oxygens (including phenoxy) is 1. The zero-order chi connectivity index (χ0) is 13.1. The van der Waals surface area contributed by atoms with Gasteiger partial charge in [-0.15, -0.1) is 0 Å². The molecule has 1 heterocycles. The zero-order valence-corrected chi connectivity index (χ0v) is 11.4. The van der Waals surface area contributed by atoms with Crippen molar-refractivity contribution in [3.8, 4) is 5.75 Å². The van der Waals surface area contributed by atoms with Crippen molar-refractivity contribution < 1.29 is 9.84 Å². The van der Waals surface area contributed by atoms with Crippen LogP contribution in [0.5, 0.6) is 5.75 Å². The van der Waals surface area contributed by atoms with Gasteiger partial charge in [0, 0.05) is 23.7 Å². The summed E-state index contributed by atoms with van der Waals surface area (Å²) in [6.07, 6.45) is 3.17. The lowest BCUT2D eigenvalue weighted by atomic mass is 10.1. The number of rotatable bonds is 4. The van der Waals surface area contributed by atoms with E-state index in [0.29, 0.717) is 5.75 Å². The first-order valence-corrected chi connectivity index (χ1v) is 6.45. The molecule has 0 saturated heterocycles. The van der Waals surface area contributed by atoms with Gasteiger partial charge < -0.3 is 9.84 Å². The molecule has 2 aromatic rings. The lowest BCUT2D eigenvalue weighted by Crippen LogP contribution is -1.98. The summed E-state index contributed by atoms with van der Waals surface area (Å²) in [7, 11) is 3.49. The van der Waals surface area contributed by atoms with Crippen LogP contribution in [-0.2, 0) is 7.05 Å². The smallest absolute Gasteiger partial charge is 0.125 e. The van der Waals surface area contributed by atoms with Crippen LogP contribution in [0.25, 0.3) is 0 Å². The Balaban J connectivity index is 2.37. The Morgan fingerprint density at radius 2 is 2.22 bits per heavy atom. The van der Waals surface area contributed by atoms with E-state index in [9.17, 15) is 5.11 Å². The fourth-order valence-corrected chi connectivity index (χ4v) is 2.87. The molecule has 2 rings (SSSR count). The highest BCUT2D eigenvalue weighted by Gasteiger charge is 2.15. The molecule has 0 saturated carbocycles. The minimum Gasteiger partial charge on any atom is -0.496 e. The van der Waals surface area contributed by atoms with Crippen molar-refractivity contribution >= 4 is 11.8 Å². The maximum absolute atomic E-state index is 9.89. The van der Waals surface area contributed by atoms with E-state index in [4.69, 9.17) is 4.74 Å². The molecule has 0 bridgehead atoms. The van der Waals surface area contributed by atoms with Crippen LogP contribution in [0.15, 0.2) is 40.4 Å². The molecule has 0 aliphatic heterocycles.